The van der Waals surface area contributed by atoms with Crippen molar-refractivity contribution in [3.05, 3.63) is 24.2 Å². The first kappa shape index (κ1) is 9.27. The molecule has 0 radical (unpaired) electrons. The standard InChI is InChI=1S/C10H13NO3/c1-10(6-14-7-10)5-11-9(12)8-2-3-13-4-8/h2-4H,5-7H2,1H3,(H,11,12). The van der Waals surface area contributed by atoms with E-state index in [1.807, 2.05) is 0 Å². The van der Waals surface area contributed by atoms with Crippen LogP contribution in [0.5, 0.6) is 0 Å². The molecule has 0 spiro atoms. The van der Waals surface area contributed by atoms with Crippen molar-refractivity contribution in [3.63, 3.8) is 0 Å². The van der Waals surface area contributed by atoms with Crippen molar-refractivity contribution in [1.29, 1.82) is 0 Å². The van der Waals surface area contributed by atoms with Gasteiger partial charge in [-0.05, 0) is 6.07 Å². The van der Waals surface area contributed by atoms with Crippen molar-refractivity contribution in [2.45, 2.75) is 6.92 Å². The van der Waals surface area contributed by atoms with Crippen LogP contribution < -0.4 is 5.32 Å². The Morgan fingerprint density at radius 1 is 1.64 bits per heavy atom. The summed E-state index contributed by atoms with van der Waals surface area (Å²) in [5.41, 5.74) is 0.674. The SMILES string of the molecule is CC1(CNC(=O)c2ccoc2)COC1. The molecule has 1 aromatic heterocycles. The van der Waals surface area contributed by atoms with E-state index in [1.54, 1.807) is 6.07 Å². The fraction of sp³-hybridized carbons (Fsp3) is 0.500. The minimum absolute atomic E-state index is 0.0909. The van der Waals surface area contributed by atoms with Gasteiger partial charge in [0.2, 0.25) is 0 Å². The van der Waals surface area contributed by atoms with Crippen LogP contribution in [0.2, 0.25) is 0 Å². The van der Waals surface area contributed by atoms with Gasteiger partial charge in [-0.15, -0.1) is 0 Å². The maximum atomic E-state index is 11.5. The fourth-order valence-corrected chi connectivity index (χ4v) is 1.34. The van der Waals surface area contributed by atoms with Crippen LogP contribution in [0.3, 0.4) is 0 Å². The third kappa shape index (κ3) is 1.80. The molecule has 4 nitrogen and oxygen atoms in total. The number of furan rings is 1. The molecule has 1 fully saturated rings. The van der Waals surface area contributed by atoms with Crippen molar-refractivity contribution in [2.24, 2.45) is 5.41 Å². The van der Waals surface area contributed by atoms with Gasteiger partial charge in [0.05, 0.1) is 25.0 Å². The Hall–Kier alpha value is -1.29. The largest absolute Gasteiger partial charge is 0.472 e. The summed E-state index contributed by atoms with van der Waals surface area (Å²) >= 11 is 0. The van der Waals surface area contributed by atoms with Crippen LogP contribution in [-0.2, 0) is 4.74 Å². The van der Waals surface area contributed by atoms with Crippen molar-refractivity contribution >= 4 is 5.91 Å². The third-order valence-electron chi connectivity index (χ3n) is 2.36. The molecule has 0 bridgehead atoms. The second kappa shape index (κ2) is 3.46. The average molecular weight is 195 g/mol. The van der Waals surface area contributed by atoms with E-state index < -0.39 is 0 Å². The Morgan fingerprint density at radius 2 is 2.43 bits per heavy atom. The quantitative estimate of drug-likeness (QED) is 0.784. The number of amides is 1. The van der Waals surface area contributed by atoms with Gasteiger partial charge in [-0.1, -0.05) is 6.92 Å². The molecule has 4 heteroatoms. The molecule has 76 valence electrons. The summed E-state index contributed by atoms with van der Waals surface area (Å²) in [6, 6.07) is 1.65. The highest BCUT2D eigenvalue weighted by atomic mass is 16.5. The predicted octanol–water partition coefficient (Wildman–Crippen LogP) is 1.05. The number of hydrogen-bond donors (Lipinski definition) is 1. The molecule has 2 rings (SSSR count). The molecule has 1 aromatic rings. The summed E-state index contributed by atoms with van der Waals surface area (Å²) in [5.74, 6) is -0.0909. The van der Waals surface area contributed by atoms with Crippen molar-refractivity contribution in [2.75, 3.05) is 19.8 Å². The van der Waals surface area contributed by atoms with E-state index in [1.165, 1.54) is 12.5 Å². The lowest BCUT2D eigenvalue weighted by molar-refractivity contribution is -0.0978. The number of carbonyl (C=O) groups excluding carboxylic acids is 1. The van der Waals surface area contributed by atoms with Gasteiger partial charge in [-0.25, -0.2) is 0 Å². The molecule has 1 N–H and O–H groups in total. The van der Waals surface area contributed by atoms with Crippen LogP contribution in [0, 0.1) is 5.41 Å². The van der Waals surface area contributed by atoms with E-state index in [0.717, 1.165) is 13.2 Å². The highest BCUT2D eigenvalue weighted by Gasteiger charge is 2.33. The molecule has 1 aliphatic heterocycles. The minimum Gasteiger partial charge on any atom is -0.472 e. The molecule has 0 aromatic carbocycles. The Labute approximate surface area is 82.2 Å². The summed E-state index contributed by atoms with van der Waals surface area (Å²) in [6.45, 7) is 4.18. The van der Waals surface area contributed by atoms with Gasteiger partial charge in [0.25, 0.3) is 5.91 Å². The van der Waals surface area contributed by atoms with Gasteiger partial charge in [-0.2, -0.15) is 0 Å². The molecular weight excluding hydrogens is 182 g/mol. The van der Waals surface area contributed by atoms with E-state index in [2.05, 4.69) is 12.2 Å². The molecule has 0 saturated carbocycles. The van der Waals surface area contributed by atoms with Gasteiger partial charge >= 0.3 is 0 Å². The summed E-state index contributed by atoms with van der Waals surface area (Å²) in [5, 5.41) is 2.85. The van der Waals surface area contributed by atoms with Crippen molar-refractivity contribution < 1.29 is 13.9 Å². The zero-order valence-electron chi connectivity index (χ0n) is 8.08. The van der Waals surface area contributed by atoms with Crippen LogP contribution in [0.25, 0.3) is 0 Å². The lowest BCUT2D eigenvalue weighted by Crippen LogP contribution is -2.48. The molecular formula is C10H13NO3. The monoisotopic (exact) mass is 195 g/mol. The van der Waals surface area contributed by atoms with E-state index in [-0.39, 0.29) is 11.3 Å². The Kier molecular flexibility index (Phi) is 2.29. The van der Waals surface area contributed by atoms with Gasteiger partial charge < -0.3 is 14.5 Å². The first-order valence-electron chi connectivity index (χ1n) is 4.58. The number of hydrogen-bond acceptors (Lipinski definition) is 3. The molecule has 2 heterocycles. The number of ether oxygens (including phenoxy) is 1. The average Bonchev–Trinajstić information content (AvgIpc) is 2.63. The molecule has 14 heavy (non-hydrogen) atoms. The van der Waals surface area contributed by atoms with Crippen molar-refractivity contribution in [1.82, 2.24) is 5.32 Å². The van der Waals surface area contributed by atoms with Crippen LogP contribution in [0.15, 0.2) is 23.0 Å². The summed E-state index contributed by atoms with van der Waals surface area (Å²) in [7, 11) is 0. The molecule has 1 amide bonds. The third-order valence-corrected chi connectivity index (χ3v) is 2.36. The molecule has 1 saturated heterocycles. The number of nitrogens with one attached hydrogen (secondary N) is 1. The predicted molar refractivity (Wildman–Crippen MR) is 50.0 cm³/mol. The molecule has 1 aliphatic rings. The molecule has 0 atom stereocenters. The Bertz CT molecular complexity index is 314. The van der Waals surface area contributed by atoms with E-state index in [9.17, 15) is 4.79 Å². The number of rotatable bonds is 3. The van der Waals surface area contributed by atoms with Gasteiger partial charge in [0, 0.05) is 12.0 Å². The maximum absolute atomic E-state index is 11.5. The number of carbonyl (C=O) groups is 1. The maximum Gasteiger partial charge on any atom is 0.254 e. The fourth-order valence-electron chi connectivity index (χ4n) is 1.34. The van der Waals surface area contributed by atoms with Gasteiger partial charge in [0.1, 0.15) is 6.26 Å². The van der Waals surface area contributed by atoms with Crippen LogP contribution >= 0.6 is 0 Å². The molecule has 0 aliphatic carbocycles. The highest BCUT2D eigenvalue weighted by Crippen LogP contribution is 2.25. The lowest BCUT2D eigenvalue weighted by atomic mass is 9.89. The first-order valence-corrected chi connectivity index (χ1v) is 4.58. The normalized spacial score (nSPS) is 18.6. The highest BCUT2D eigenvalue weighted by molar-refractivity contribution is 5.93. The summed E-state index contributed by atoms with van der Waals surface area (Å²) < 4.78 is 9.91. The summed E-state index contributed by atoms with van der Waals surface area (Å²) in [4.78, 5) is 11.5. The Morgan fingerprint density at radius 3 is 2.93 bits per heavy atom. The minimum atomic E-state index is -0.0909. The van der Waals surface area contributed by atoms with Crippen molar-refractivity contribution in [3.8, 4) is 0 Å². The van der Waals surface area contributed by atoms with Gasteiger partial charge in [0.15, 0.2) is 0 Å². The zero-order chi connectivity index (χ0) is 10.0. The van der Waals surface area contributed by atoms with Crippen LogP contribution in [-0.4, -0.2) is 25.7 Å². The second-order valence-electron chi connectivity index (χ2n) is 4.00. The second-order valence-corrected chi connectivity index (χ2v) is 4.00. The van der Waals surface area contributed by atoms with E-state index in [4.69, 9.17) is 9.15 Å². The van der Waals surface area contributed by atoms with Crippen LogP contribution in [0.4, 0.5) is 0 Å². The van der Waals surface area contributed by atoms with Gasteiger partial charge in [-0.3, -0.25) is 4.79 Å². The summed E-state index contributed by atoms with van der Waals surface area (Å²) in [6.07, 6.45) is 2.93. The van der Waals surface area contributed by atoms with Crippen LogP contribution in [0.1, 0.15) is 17.3 Å². The topological polar surface area (TPSA) is 51.5 Å². The van der Waals surface area contributed by atoms with E-state index in [0.29, 0.717) is 12.1 Å². The lowest BCUT2D eigenvalue weighted by Gasteiger charge is -2.37. The van der Waals surface area contributed by atoms with E-state index >= 15 is 0 Å². The first-order chi connectivity index (χ1) is 6.70. The zero-order valence-corrected chi connectivity index (χ0v) is 8.08. The Balaban J connectivity index is 1.84. The molecule has 0 unspecified atom stereocenters. The smallest absolute Gasteiger partial charge is 0.254 e.